The molecule has 27 heavy (non-hydrogen) atoms. The Kier molecular flexibility index (Phi) is 5.14. The quantitative estimate of drug-likeness (QED) is 0.676. The van der Waals surface area contributed by atoms with E-state index >= 15 is 0 Å². The van der Waals surface area contributed by atoms with Crippen LogP contribution in [0.2, 0.25) is 5.02 Å². The average Bonchev–Trinajstić information content (AvgIpc) is 3.11. The molecule has 0 aliphatic carbocycles. The normalized spacial score (nSPS) is 15.6. The van der Waals surface area contributed by atoms with Crippen molar-refractivity contribution in [2.45, 2.75) is 25.4 Å². The Balaban J connectivity index is 1.36. The highest BCUT2D eigenvalue weighted by molar-refractivity contribution is 6.30. The third-order valence-corrected chi connectivity index (χ3v) is 5.57. The summed E-state index contributed by atoms with van der Waals surface area (Å²) in [6, 6.07) is 15.5. The van der Waals surface area contributed by atoms with Crippen LogP contribution in [-0.2, 0) is 6.54 Å². The summed E-state index contributed by atoms with van der Waals surface area (Å²) in [6.45, 7) is 2.26. The van der Waals surface area contributed by atoms with E-state index in [-0.39, 0.29) is 5.91 Å². The highest BCUT2D eigenvalue weighted by Crippen LogP contribution is 2.23. The standard InChI is InChI=1S/C21H22ClN3O2/c1-24(14-19-18-4-2-3-5-20(18)27-23-19)17-10-12-25(13-11-17)21(26)15-6-8-16(22)9-7-15/h2-9,17H,10-14H2,1H3. The molecule has 0 radical (unpaired) electrons. The summed E-state index contributed by atoms with van der Waals surface area (Å²) in [5, 5.41) is 5.94. The van der Waals surface area contributed by atoms with Crippen molar-refractivity contribution < 1.29 is 9.32 Å². The molecule has 4 rings (SSSR count). The first-order chi connectivity index (χ1) is 13.1. The Bertz CT molecular complexity index is 930. The summed E-state index contributed by atoms with van der Waals surface area (Å²) in [5.74, 6) is 0.0789. The summed E-state index contributed by atoms with van der Waals surface area (Å²) in [5.41, 5.74) is 2.48. The molecule has 1 saturated heterocycles. The molecular weight excluding hydrogens is 362 g/mol. The van der Waals surface area contributed by atoms with Gasteiger partial charge in [0.25, 0.3) is 5.91 Å². The number of piperidine rings is 1. The lowest BCUT2D eigenvalue weighted by Crippen LogP contribution is -2.45. The molecule has 1 amide bonds. The van der Waals surface area contributed by atoms with Gasteiger partial charge < -0.3 is 9.42 Å². The number of halogens is 1. The third-order valence-electron chi connectivity index (χ3n) is 5.32. The van der Waals surface area contributed by atoms with Gasteiger partial charge in [0.2, 0.25) is 0 Å². The lowest BCUT2D eigenvalue weighted by atomic mass is 10.0. The summed E-state index contributed by atoms with van der Waals surface area (Å²) >= 11 is 5.91. The monoisotopic (exact) mass is 383 g/mol. The van der Waals surface area contributed by atoms with E-state index in [1.54, 1.807) is 24.3 Å². The highest BCUT2D eigenvalue weighted by Gasteiger charge is 2.26. The molecular formula is C21H22ClN3O2. The van der Waals surface area contributed by atoms with Gasteiger partial charge in [-0.15, -0.1) is 0 Å². The van der Waals surface area contributed by atoms with Gasteiger partial charge in [-0.2, -0.15) is 0 Å². The van der Waals surface area contributed by atoms with Crippen molar-refractivity contribution in [2.24, 2.45) is 0 Å². The van der Waals surface area contributed by atoms with Crippen molar-refractivity contribution in [3.8, 4) is 0 Å². The predicted molar refractivity (Wildman–Crippen MR) is 106 cm³/mol. The second-order valence-electron chi connectivity index (χ2n) is 7.07. The molecule has 1 aromatic heterocycles. The van der Waals surface area contributed by atoms with E-state index in [1.807, 2.05) is 29.2 Å². The summed E-state index contributed by atoms with van der Waals surface area (Å²) in [4.78, 5) is 16.9. The van der Waals surface area contributed by atoms with Gasteiger partial charge in [0.05, 0.1) is 0 Å². The first-order valence-electron chi connectivity index (χ1n) is 9.20. The smallest absolute Gasteiger partial charge is 0.253 e. The molecule has 6 heteroatoms. The fourth-order valence-corrected chi connectivity index (χ4v) is 3.83. The molecule has 0 spiro atoms. The molecule has 3 aromatic rings. The number of hydrogen-bond donors (Lipinski definition) is 0. The lowest BCUT2D eigenvalue weighted by molar-refractivity contribution is 0.0638. The highest BCUT2D eigenvalue weighted by atomic mass is 35.5. The van der Waals surface area contributed by atoms with E-state index in [4.69, 9.17) is 16.1 Å². The lowest BCUT2D eigenvalue weighted by Gasteiger charge is -2.36. The van der Waals surface area contributed by atoms with Gasteiger partial charge in [0, 0.05) is 41.6 Å². The molecule has 0 bridgehead atoms. The Morgan fingerprint density at radius 2 is 1.89 bits per heavy atom. The Labute approximate surface area is 163 Å². The summed E-state index contributed by atoms with van der Waals surface area (Å²) in [6.07, 6.45) is 1.90. The van der Waals surface area contributed by atoms with E-state index in [1.165, 1.54) is 0 Å². The molecule has 0 N–H and O–H groups in total. The number of benzene rings is 2. The Hall–Kier alpha value is -2.37. The van der Waals surface area contributed by atoms with Crippen LogP contribution in [0, 0.1) is 0 Å². The van der Waals surface area contributed by atoms with Gasteiger partial charge in [-0.25, -0.2) is 0 Å². The van der Waals surface area contributed by atoms with E-state index in [0.717, 1.165) is 49.1 Å². The largest absolute Gasteiger partial charge is 0.356 e. The topological polar surface area (TPSA) is 49.6 Å². The van der Waals surface area contributed by atoms with Crippen LogP contribution in [0.1, 0.15) is 28.9 Å². The zero-order valence-corrected chi connectivity index (χ0v) is 16.0. The molecule has 1 aliphatic rings. The third kappa shape index (κ3) is 3.84. The van der Waals surface area contributed by atoms with Crippen LogP contribution >= 0.6 is 11.6 Å². The number of rotatable bonds is 4. The molecule has 0 atom stereocenters. The molecule has 2 aromatic carbocycles. The molecule has 0 saturated carbocycles. The second kappa shape index (κ2) is 7.71. The maximum atomic E-state index is 12.6. The van der Waals surface area contributed by atoms with Gasteiger partial charge in [-0.05, 0) is 56.3 Å². The van der Waals surface area contributed by atoms with Crippen LogP contribution in [-0.4, -0.2) is 47.0 Å². The van der Waals surface area contributed by atoms with Gasteiger partial charge in [-0.1, -0.05) is 28.9 Å². The minimum atomic E-state index is 0.0789. The van der Waals surface area contributed by atoms with Crippen molar-refractivity contribution in [3.05, 3.63) is 64.8 Å². The van der Waals surface area contributed by atoms with Crippen molar-refractivity contribution in [3.63, 3.8) is 0 Å². The number of carbonyl (C=O) groups excluding carboxylic acids is 1. The van der Waals surface area contributed by atoms with Crippen molar-refractivity contribution >= 4 is 28.5 Å². The second-order valence-corrected chi connectivity index (χ2v) is 7.51. The van der Waals surface area contributed by atoms with E-state index in [9.17, 15) is 4.79 Å². The van der Waals surface area contributed by atoms with Crippen LogP contribution < -0.4 is 0 Å². The summed E-state index contributed by atoms with van der Waals surface area (Å²) in [7, 11) is 2.12. The molecule has 1 fully saturated rings. The first kappa shape index (κ1) is 18.0. The zero-order chi connectivity index (χ0) is 18.8. The molecule has 2 heterocycles. The maximum Gasteiger partial charge on any atom is 0.253 e. The van der Waals surface area contributed by atoms with Crippen molar-refractivity contribution in [1.29, 1.82) is 0 Å². The number of para-hydroxylation sites is 1. The van der Waals surface area contributed by atoms with Gasteiger partial charge in [-0.3, -0.25) is 9.69 Å². The molecule has 0 unspecified atom stereocenters. The van der Waals surface area contributed by atoms with Crippen LogP contribution in [0.25, 0.3) is 11.0 Å². The number of nitrogens with zero attached hydrogens (tertiary/aromatic N) is 3. The summed E-state index contributed by atoms with van der Waals surface area (Å²) < 4.78 is 5.40. The Morgan fingerprint density at radius 3 is 2.63 bits per heavy atom. The fraction of sp³-hybridized carbons (Fsp3) is 0.333. The molecule has 1 aliphatic heterocycles. The van der Waals surface area contributed by atoms with Gasteiger partial charge >= 0.3 is 0 Å². The van der Waals surface area contributed by atoms with Crippen LogP contribution in [0.3, 0.4) is 0 Å². The maximum absolute atomic E-state index is 12.6. The zero-order valence-electron chi connectivity index (χ0n) is 15.3. The van der Waals surface area contributed by atoms with Crippen molar-refractivity contribution in [1.82, 2.24) is 15.0 Å². The number of hydrogen-bond acceptors (Lipinski definition) is 4. The average molecular weight is 384 g/mol. The van der Waals surface area contributed by atoms with E-state index in [0.29, 0.717) is 16.6 Å². The molecule has 140 valence electrons. The number of aromatic nitrogens is 1. The van der Waals surface area contributed by atoms with E-state index < -0.39 is 0 Å². The number of fused-ring (bicyclic) bond motifs is 1. The first-order valence-corrected chi connectivity index (χ1v) is 9.58. The number of likely N-dealkylation sites (tertiary alicyclic amines) is 1. The SMILES string of the molecule is CN(Cc1noc2ccccc12)C1CCN(C(=O)c2ccc(Cl)cc2)CC1. The number of amides is 1. The number of carbonyl (C=O) groups is 1. The van der Waals surface area contributed by atoms with Crippen molar-refractivity contribution in [2.75, 3.05) is 20.1 Å². The van der Waals surface area contributed by atoms with Crippen LogP contribution in [0.5, 0.6) is 0 Å². The Morgan fingerprint density at radius 1 is 1.19 bits per heavy atom. The predicted octanol–water partition coefficient (Wildman–Crippen LogP) is 4.22. The van der Waals surface area contributed by atoms with Gasteiger partial charge in [0.15, 0.2) is 5.58 Å². The van der Waals surface area contributed by atoms with E-state index in [2.05, 4.69) is 17.1 Å². The van der Waals surface area contributed by atoms with Crippen LogP contribution in [0.15, 0.2) is 53.1 Å². The van der Waals surface area contributed by atoms with Gasteiger partial charge in [0.1, 0.15) is 5.69 Å². The minimum absolute atomic E-state index is 0.0789. The van der Waals surface area contributed by atoms with Crippen LogP contribution in [0.4, 0.5) is 0 Å². The fourth-order valence-electron chi connectivity index (χ4n) is 3.70. The molecule has 5 nitrogen and oxygen atoms in total. The minimum Gasteiger partial charge on any atom is -0.356 e.